The second-order valence-electron chi connectivity index (χ2n) is 4.64. The summed E-state index contributed by atoms with van der Waals surface area (Å²) < 4.78 is 0. The van der Waals surface area contributed by atoms with E-state index in [1.807, 2.05) is 41.3 Å². The summed E-state index contributed by atoms with van der Waals surface area (Å²) in [6.07, 6.45) is 0. The molecule has 3 nitrogen and oxygen atoms in total. The number of Topliss-reactive ketones (excluding diaryl/α,β-unsaturated/α-hetero) is 1. The van der Waals surface area contributed by atoms with Crippen LogP contribution < -0.4 is 4.90 Å². The van der Waals surface area contributed by atoms with Crippen LogP contribution in [0, 0.1) is 0 Å². The van der Waals surface area contributed by atoms with Gasteiger partial charge in [-0.25, -0.2) is 4.99 Å². The van der Waals surface area contributed by atoms with Gasteiger partial charge in [-0.15, -0.1) is 0 Å². The molecule has 0 N–H and O–H groups in total. The van der Waals surface area contributed by atoms with E-state index in [4.69, 9.17) is 11.6 Å². The van der Waals surface area contributed by atoms with Gasteiger partial charge in [-0.2, -0.15) is 0 Å². The Morgan fingerprint density at radius 1 is 1.16 bits per heavy atom. The minimum absolute atomic E-state index is 0.00352. The van der Waals surface area contributed by atoms with Gasteiger partial charge in [0.2, 0.25) is 5.78 Å². The third-order valence-corrected chi connectivity index (χ3v) is 3.73. The zero-order chi connectivity index (χ0) is 13.0. The van der Waals surface area contributed by atoms with Gasteiger partial charge in [0.25, 0.3) is 0 Å². The van der Waals surface area contributed by atoms with E-state index in [1.165, 1.54) is 0 Å². The number of para-hydroxylation sites is 1. The maximum Gasteiger partial charge on any atom is 0.230 e. The van der Waals surface area contributed by atoms with Crippen molar-refractivity contribution in [3.63, 3.8) is 0 Å². The third-order valence-electron chi connectivity index (χ3n) is 3.49. The van der Waals surface area contributed by atoms with Crippen LogP contribution >= 0.6 is 11.6 Å². The Morgan fingerprint density at radius 2 is 2.00 bits per heavy atom. The van der Waals surface area contributed by atoms with E-state index < -0.39 is 0 Å². The number of anilines is 1. The van der Waals surface area contributed by atoms with Crippen LogP contribution in [0.25, 0.3) is 0 Å². The third kappa shape index (κ3) is 1.45. The largest absolute Gasteiger partial charge is 0.318 e. The van der Waals surface area contributed by atoms with Crippen LogP contribution in [0.15, 0.2) is 47.5 Å². The van der Waals surface area contributed by atoms with Crippen LogP contribution in [0.5, 0.6) is 0 Å². The van der Waals surface area contributed by atoms with Gasteiger partial charge in [-0.1, -0.05) is 23.7 Å². The summed E-state index contributed by atoms with van der Waals surface area (Å²) in [5.41, 5.74) is 3.52. The van der Waals surface area contributed by atoms with Gasteiger partial charge in [0.1, 0.15) is 0 Å². The molecule has 0 saturated carbocycles. The Balaban J connectivity index is 1.93. The summed E-state index contributed by atoms with van der Waals surface area (Å²) in [7, 11) is 0. The van der Waals surface area contributed by atoms with Gasteiger partial charge < -0.3 is 4.90 Å². The summed E-state index contributed by atoms with van der Waals surface area (Å²) in [4.78, 5) is 18.7. The van der Waals surface area contributed by atoms with E-state index in [1.54, 1.807) is 6.07 Å². The van der Waals surface area contributed by atoms with Crippen molar-refractivity contribution < 1.29 is 4.79 Å². The Hall–Kier alpha value is -2.13. The monoisotopic (exact) mass is 268 g/mol. The summed E-state index contributed by atoms with van der Waals surface area (Å²) in [5.74, 6) is 0.507. The van der Waals surface area contributed by atoms with E-state index in [0.717, 1.165) is 22.5 Å². The molecule has 0 bridgehead atoms. The Kier molecular flexibility index (Phi) is 2.09. The second kappa shape index (κ2) is 3.68. The highest BCUT2D eigenvalue weighted by atomic mass is 35.5. The lowest BCUT2D eigenvalue weighted by molar-refractivity contribution is 0.106. The number of ketones is 1. The fourth-order valence-electron chi connectivity index (χ4n) is 2.60. The lowest BCUT2D eigenvalue weighted by Gasteiger charge is -2.24. The first-order valence-electron chi connectivity index (χ1n) is 6.02. The van der Waals surface area contributed by atoms with Crippen molar-refractivity contribution in [2.45, 2.75) is 6.54 Å². The van der Waals surface area contributed by atoms with Crippen molar-refractivity contribution in [1.82, 2.24) is 0 Å². The predicted molar refractivity (Wildman–Crippen MR) is 75.5 cm³/mol. The molecule has 0 radical (unpaired) electrons. The average Bonchev–Trinajstić information content (AvgIpc) is 2.70. The molecular weight excluding hydrogens is 260 g/mol. The molecule has 0 atom stereocenters. The number of carbonyl (C=O) groups excluding carboxylic acids is 1. The van der Waals surface area contributed by atoms with E-state index in [-0.39, 0.29) is 5.78 Å². The normalized spacial score (nSPS) is 15.7. The first kappa shape index (κ1) is 10.8. The summed E-state index contributed by atoms with van der Waals surface area (Å²) >= 11 is 6.01. The van der Waals surface area contributed by atoms with Gasteiger partial charge in [0, 0.05) is 10.6 Å². The smallest absolute Gasteiger partial charge is 0.230 e. The van der Waals surface area contributed by atoms with Gasteiger partial charge in [0.15, 0.2) is 5.84 Å². The number of nitrogens with zero attached hydrogens (tertiary/aromatic N) is 2. The van der Waals surface area contributed by atoms with Gasteiger partial charge in [-0.3, -0.25) is 4.79 Å². The standard InChI is InChI=1S/C15H9ClN2O/c16-10-5-6-12-9(7-10)8-18-13-4-2-1-3-11(13)14(19)15(18)17-12/h1-7H,8H2. The van der Waals surface area contributed by atoms with E-state index in [9.17, 15) is 4.79 Å². The summed E-state index contributed by atoms with van der Waals surface area (Å²) in [5, 5.41) is 0.691. The van der Waals surface area contributed by atoms with Gasteiger partial charge in [-0.05, 0) is 35.9 Å². The maximum atomic E-state index is 12.3. The Labute approximate surface area is 115 Å². The Morgan fingerprint density at radius 3 is 2.89 bits per heavy atom. The van der Waals surface area contributed by atoms with E-state index in [0.29, 0.717) is 17.4 Å². The van der Waals surface area contributed by atoms with Gasteiger partial charge in [0.05, 0.1) is 17.9 Å². The van der Waals surface area contributed by atoms with Crippen molar-refractivity contribution in [3.8, 4) is 0 Å². The van der Waals surface area contributed by atoms with Crippen LogP contribution in [-0.4, -0.2) is 11.6 Å². The second-order valence-corrected chi connectivity index (χ2v) is 5.08. The highest BCUT2D eigenvalue weighted by Crippen LogP contribution is 2.37. The zero-order valence-corrected chi connectivity index (χ0v) is 10.7. The lowest BCUT2D eigenvalue weighted by Crippen LogP contribution is -2.31. The molecule has 92 valence electrons. The quantitative estimate of drug-likeness (QED) is 0.731. The van der Waals surface area contributed by atoms with Crippen molar-refractivity contribution in [3.05, 3.63) is 58.6 Å². The zero-order valence-electron chi connectivity index (χ0n) is 9.93. The molecule has 4 rings (SSSR count). The number of amidine groups is 1. The highest BCUT2D eigenvalue weighted by Gasteiger charge is 2.36. The molecule has 2 aromatic carbocycles. The van der Waals surface area contributed by atoms with Gasteiger partial charge >= 0.3 is 0 Å². The van der Waals surface area contributed by atoms with Crippen LogP contribution in [0.2, 0.25) is 5.02 Å². The lowest BCUT2D eigenvalue weighted by atomic mass is 10.1. The number of hydrogen-bond donors (Lipinski definition) is 0. The summed E-state index contributed by atoms with van der Waals surface area (Å²) in [6.45, 7) is 0.636. The van der Waals surface area contributed by atoms with Crippen molar-refractivity contribution in [1.29, 1.82) is 0 Å². The number of hydrogen-bond acceptors (Lipinski definition) is 3. The fourth-order valence-corrected chi connectivity index (χ4v) is 2.80. The number of halogens is 1. The molecule has 0 unspecified atom stereocenters. The summed E-state index contributed by atoms with van der Waals surface area (Å²) in [6, 6.07) is 13.2. The molecular formula is C15H9ClN2O. The fraction of sp³-hybridized carbons (Fsp3) is 0.0667. The van der Waals surface area contributed by atoms with Crippen LogP contribution in [0.1, 0.15) is 15.9 Å². The number of rotatable bonds is 0. The van der Waals surface area contributed by atoms with Crippen molar-refractivity contribution in [2.24, 2.45) is 4.99 Å². The predicted octanol–water partition coefficient (Wildman–Crippen LogP) is 3.59. The molecule has 0 saturated heterocycles. The molecule has 2 heterocycles. The molecule has 0 aliphatic carbocycles. The molecule has 0 amide bonds. The first-order chi connectivity index (χ1) is 9.24. The molecule has 0 spiro atoms. The number of carbonyl (C=O) groups is 1. The molecule has 2 aliphatic heterocycles. The molecule has 0 aromatic heterocycles. The average molecular weight is 269 g/mol. The maximum absolute atomic E-state index is 12.3. The molecule has 2 aromatic rings. The first-order valence-corrected chi connectivity index (χ1v) is 6.40. The SMILES string of the molecule is O=C1C2=Nc3ccc(Cl)cc3CN2c2ccccc21. The van der Waals surface area contributed by atoms with Crippen molar-refractivity contribution >= 4 is 34.6 Å². The van der Waals surface area contributed by atoms with E-state index in [2.05, 4.69) is 4.99 Å². The molecule has 4 heteroatoms. The number of fused-ring (bicyclic) bond motifs is 4. The van der Waals surface area contributed by atoms with Crippen molar-refractivity contribution in [2.75, 3.05) is 4.90 Å². The van der Waals surface area contributed by atoms with E-state index >= 15 is 0 Å². The number of benzene rings is 2. The van der Waals surface area contributed by atoms with Crippen LogP contribution in [0.4, 0.5) is 11.4 Å². The van der Waals surface area contributed by atoms with Crippen LogP contribution in [0.3, 0.4) is 0 Å². The minimum atomic E-state index is -0.00352. The molecule has 2 aliphatic rings. The Bertz CT molecular complexity index is 752. The molecule has 19 heavy (non-hydrogen) atoms. The molecule has 0 fully saturated rings. The van der Waals surface area contributed by atoms with Crippen LogP contribution in [-0.2, 0) is 6.54 Å². The minimum Gasteiger partial charge on any atom is -0.318 e. The topological polar surface area (TPSA) is 32.7 Å². The highest BCUT2D eigenvalue weighted by molar-refractivity contribution is 6.54. The number of aliphatic imine (C=N–C) groups is 1.